The van der Waals surface area contributed by atoms with Gasteiger partial charge in [-0.1, -0.05) is 0 Å². The number of aromatic nitrogens is 4. The quantitative estimate of drug-likeness (QED) is 0.815. The maximum atomic E-state index is 5.81. The molecule has 0 spiro atoms. The zero-order chi connectivity index (χ0) is 16.2. The van der Waals surface area contributed by atoms with Gasteiger partial charge in [-0.3, -0.25) is 0 Å². The summed E-state index contributed by atoms with van der Waals surface area (Å²) in [5.41, 5.74) is 1.00. The van der Waals surface area contributed by atoms with Crippen LogP contribution < -0.4 is 19.1 Å². The summed E-state index contributed by atoms with van der Waals surface area (Å²) in [5, 5.41) is 0. The zero-order valence-corrected chi connectivity index (χ0v) is 13.4. The lowest BCUT2D eigenvalue weighted by molar-refractivity contribution is 0.206. The normalized spacial score (nSPS) is 17.2. The fourth-order valence-corrected chi connectivity index (χ4v) is 2.34. The van der Waals surface area contributed by atoms with Crippen LogP contribution in [0, 0.1) is 6.92 Å². The van der Waals surface area contributed by atoms with Gasteiger partial charge in [0.2, 0.25) is 17.7 Å². The summed E-state index contributed by atoms with van der Waals surface area (Å²) < 4.78 is 16.2. The second-order valence-electron chi connectivity index (χ2n) is 5.27. The number of methoxy groups -OCH3 is 2. The molecular weight excluding hydrogens is 298 g/mol. The fourth-order valence-electron chi connectivity index (χ4n) is 2.34. The molecule has 8 heteroatoms. The molecule has 1 unspecified atom stereocenters. The molecule has 3 heterocycles. The van der Waals surface area contributed by atoms with Crippen LogP contribution >= 0.6 is 0 Å². The molecule has 2 aromatic rings. The van der Waals surface area contributed by atoms with Gasteiger partial charge in [-0.15, -0.1) is 0 Å². The van der Waals surface area contributed by atoms with Crippen LogP contribution in [0.15, 0.2) is 18.5 Å². The third-order valence-corrected chi connectivity index (χ3v) is 3.54. The molecule has 3 rings (SSSR count). The van der Waals surface area contributed by atoms with Crippen LogP contribution in [0.2, 0.25) is 0 Å². The molecule has 1 saturated heterocycles. The second kappa shape index (κ2) is 6.64. The second-order valence-corrected chi connectivity index (χ2v) is 5.27. The Morgan fingerprint density at radius 2 is 1.74 bits per heavy atom. The average Bonchev–Trinajstić information content (AvgIpc) is 3.05. The number of hydrogen-bond acceptors (Lipinski definition) is 8. The fraction of sp³-hybridized carbons (Fsp3) is 0.467. The summed E-state index contributed by atoms with van der Waals surface area (Å²) in [7, 11) is 3.13. The highest BCUT2D eigenvalue weighted by Gasteiger charge is 2.27. The Morgan fingerprint density at radius 3 is 2.35 bits per heavy atom. The lowest BCUT2D eigenvalue weighted by Gasteiger charge is -2.17. The van der Waals surface area contributed by atoms with Crippen molar-refractivity contribution >= 4 is 5.95 Å². The van der Waals surface area contributed by atoms with Gasteiger partial charge in [-0.25, -0.2) is 9.97 Å². The van der Waals surface area contributed by atoms with Crippen LogP contribution in [0.5, 0.6) is 17.8 Å². The molecule has 23 heavy (non-hydrogen) atoms. The van der Waals surface area contributed by atoms with Gasteiger partial charge >= 0.3 is 6.01 Å². The molecule has 0 amide bonds. The van der Waals surface area contributed by atoms with Crippen molar-refractivity contribution in [3.63, 3.8) is 0 Å². The maximum absolute atomic E-state index is 5.81. The van der Waals surface area contributed by atoms with Crippen molar-refractivity contribution in [2.24, 2.45) is 0 Å². The highest BCUT2D eigenvalue weighted by atomic mass is 16.5. The van der Waals surface area contributed by atoms with Gasteiger partial charge in [0.05, 0.1) is 26.8 Å². The molecule has 1 atom stereocenters. The SMILES string of the molecule is COc1cc(OC)nc(N2CCC(Oc3ncc(C)cn3)C2)n1. The smallest absolute Gasteiger partial charge is 0.316 e. The number of aryl methyl sites for hydroxylation is 1. The first kappa shape index (κ1) is 15.3. The summed E-state index contributed by atoms with van der Waals surface area (Å²) in [6, 6.07) is 2.04. The lowest BCUT2D eigenvalue weighted by Crippen LogP contribution is -2.26. The van der Waals surface area contributed by atoms with Gasteiger partial charge in [0.1, 0.15) is 6.10 Å². The van der Waals surface area contributed by atoms with E-state index in [1.165, 1.54) is 0 Å². The van der Waals surface area contributed by atoms with E-state index in [9.17, 15) is 0 Å². The predicted molar refractivity (Wildman–Crippen MR) is 83.2 cm³/mol. The monoisotopic (exact) mass is 317 g/mol. The number of nitrogens with zero attached hydrogens (tertiary/aromatic N) is 5. The van der Waals surface area contributed by atoms with Crippen LogP contribution in [0.25, 0.3) is 0 Å². The van der Waals surface area contributed by atoms with Crippen molar-refractivity contribution in [3.05, 3.63) is 24.0 Å². The van der Waals surface area contributed by atoms with Crippen molar-refractivity contribution in [2.75, 3.05) is 32.2 Å². The maximum Gasteiger partial charge on any atom is 0.316 e. The van der Waals surface area contributed by atoms with Crippen LogP contribution in [-0.4, -0.2) is 53.3 Å². The zero-order valence-electron chi connectivity index (χ0n) is 13.4. The van der Waals surface area contributed by atoms with Gasteiger partial charge in [-0.05, 0) is 12.5 Å². The summed E-state index contributed by atoms with van der Waals surface area (Å²) >= 11 is 0. The minimum Gasteiger partial charge on any atom is -0.481 e. The summed E-state index contributed by atoms with van der Waals surface area (Å²) in [5.74, 6) is 1.51. The van der Waals surface area contributed by atoms with E-state index in [2.05, 4.69) is 19.9 Å². The van der Waals surface area contributed by atoms with Crippen LogP contribution in [0.1, 0.15) is 12.0 Å². The van der Waals surface area contributed by atoms with Crippen molar-refractivity contribution in [2.45, 2.75) is 19.4 Å². The Bertz CT molecular complexity index is 642. The number of anilines is 1. The highest BCUT2D eigenvalue weighted by molar-refractivity contribution is 5.38. The molecule has 0 aromatic carbocycles. The average molecular weight is 317 g/mol. The molecule has 1 fully saturated rings. The molecule has 122 valence electrons. The molecule has 0 N–H and O–H groups in total. The van der Waals surface area contributed by atoms with Gasteiger partial charge < -0.3 is 19.1 Å². The largest absolute Gasteiger partial charge is 0.481 e. The Morgan fingerprint density at radius 1 is 1.09 bits per heavy atom. The van der Waals surface area contributed by atoms with E-state index in [1.807, 2.05) is 11.8 Å². The van der Waals surface area contributed by atoms with Crippen LogP contribution in [-0.2, 0) is 0 Å². The molecule has 0 bridgehead atoms. The molecule has 2 aromatic heterocycles. The van der Waals surface area contributed by atoms with E-state index in [4.69, 9.17) is 14.2 Å². The van der Waals surface area contributed by atoms with Crippen LogP contribution in [0.3, 0.4) is 0 Å². The van der Waals surface area contributed by atoms with E-state index >= 15 is 0 Å². The first-order valence-corrected chi connectivity index (χ1v) is 7.35. The minimum atomic E-state index is -0.00139. The van der Waals surface area contributed by atoms with Crippen molar-refractivity contribution in [1.29, 1.82) is 0 Å². The van der Waals surface area contributed by atoms with Crippen molar-refractivity contribution < 1.29 is 14.2 Å². The standard InChI is InChI=1S/C15H19N5O3/c1-10-7-16-15(17-8-10)23-11-4-5-20(9-11)14-18-12(21-2)6-13(19-14)22-3/h6-8,11H,4-5,9H2,1-3H3. The van der Waals surface area contributed by atoms with Gasteiger partial charge in [0.15, 0.2) is 0 Å². The molecule has 1 aliphatic rings. The Kier molecular flexibility index (Phi) is 4.40. The first-order chi connectivity index (χ1) is 11.2. The van der Waals surface area contributed by atoms with E-state index in [0.29, 0.717) is 30.3 Å². The third-order valence-electron chi connectivity index (χ3n) is 3.54. The van der Waals surface area contributed by atoms with E-state index in [-0.39, 0.29) is 6.10 Å². The summed E-state index contributed by atoms with van der Waals surface area (Å²) in [6.45, 7) is 3.38. The predicted octanol–water partition coefficient (Wildman–Crippen LogP) is 1.25. The Labute approximate surface area is 134 Å². The minimum absolute atomic E-state index is 0.00139. The van der Waals surface area contributed by atoms with E-state index < -0.39 is 0 Å². The van der Waals surface area contributed by atoms with Crippen molar-refractivity contribution in [3.8, 4) is 17.8 Å². The highest BCUT2D eigenvalue weighted by Crippen LogP contribution is 2.24. The Hall–Kier alpha value is -2.64. The molecule has 1 aliphatic heterocycles. The van der Waals surface area contributed by atoms with Crippen molar-refractivity contribution in [1.82, 2.24) is 19.9 Å². The topological polar surface area (TPSA) is 82.5 Å². The van der Waals surface area contributed by atoms with E-state index in [1.54, 1.807) is 32.7 Å². The molecule has 8 nitrogen and oxygen atoms in total. The Balaban J connectivity index is 1.68. The van der Waals surface area contributed by atoms with Gasteiger partial charge in [0, 0.05) is 25.4 Å². The van der Waals surface area contributed by atoms with E-state index in [0.717, 1.165) is 18.5 Å². The summed E-state index contributed by atoms with van der Waals surface area (Å²) in [6.07, 6.45) is 4.33. The van der Waals surface area contributed by atoms with Crippen LogP contribution in [0.4, 0.5) is 5.95 Å². The first-order valence-electron chi connectivity index (χ1n) is 7.35. The number of ether oxygens (including phenoxy) is 3. The summed E-state index contributed by atoms with van der Waals surface area (Å²) in [4.78, 5) is 19.1. The molecule has 0 aliphatic carbocycles. The van der Waals surface area contributed by atoms with Gasteiger partial charge in [0.25, 0.3) is 0 Å². The molecule has 0 saturated carbocycles. The molecule has 0 radical (unpaired) electrons. The lowest BCUT2D eigenvalue weighted by atomic mass is 10.3. The number of rotatable bonds is 5. The third kappa shape index (κ3) is 3.58. The molecular formula is C15H19N5O3. The number of hydrogen-bond donors (Lipinski definition) is 0. The van der Waals surface area contributed by atoms with Gasteiger partial charge in [-0.2, -0.15) is 9.97 Å².